The van der Waals surface area contributed by atoms with E-state index in [1.54, 1.807) is 30.3 Å². The van der Waals surface area contributed by atoms with Gasteiger partial charge in [-0.15, -0.1) is 0 Å². The van der Waals surface area contributed by atoms with Gasteiger partial charge < -0.3 is 10.6 Å². The van der Waals surface area contributed by atoms with Gasteiger partial charge in [0.05, 0.1) is 21.4 Å². The molecule has 0 amide bonds. The van der Waals surface area contributed by atoms with Gasteiger partial charge in [0.15, 0.2) is 16.7 Å². The molecule has 0 saturated carbocycles. The topological polar surface area (TPSA) is 37.0 Å². The van der Waals surface area contributed by atoms with Crippen molar-refractivity contribution in [2.45, 2.75) is 6.54 Å². The quantitative estimate of drug-likeness (QED) is 0.518. The summed E-state index contributed by atoms with van der Waals surface area (Å²) in [6, 6.07) is 12.6. The Morgan fingerprint density at radius 3 is 2.63 bits per heavy atom. The summed E-state index contributed by atoms with van der Waals surface area (Å²) >= 11 is 17.4. The lowest BCUT2D eigenvalue weighted by Gasteiger charge is -2.14. The highest BCUT2D eigenvalue weighted by atomic mass is 35.5. The zero-order valence-corrected chi connectivity index (χ0v) is 16.1. The summed E-state index contributed by atoms with van der Waals surface area (Å²) in [7, 11) is 0. The van der Waals surface area contributed by atoms with Crippen LogP contribution < -0.4 is 10.6 Å². The monoisotopic (exact) mass is 423 g/mol. The first-order valence-corrected chi connectivity index (χ1v) is 9.01. The Kier molecular flexibility index (Phi) is 6.21. The van der Waals surface area contributed by atoms with Gasteiger partial charge in [-0.1, -0.05) is 41.4 Å². The van der Waals surface area contributed by atoms with Crippen LogP contribution in [0.15, 0.2) is 54.7 Å². The Morgan fingerprint density at radius 1 is 1.04 bits per heavy atom. The van der Waals surface area contributed by atoms with Crippen molar-refractivity contribution in [2.75, 3.05) is 5.32 Å². The molecule has 2 N–H and O–H groups in total. The Hall–Kier alpha value is -2.28. The number of hydrogen-bond donors (Lipinski definition) is 2. The summed E-state index contributed by atoms with van der Waals surface area (Å²) in [6.45, 7) is 0.253. The Morgan fingerprint density at radius 2 is 1.81 bits per heavy atom. The Balaban J connectivity index is 1.76. The predicted molar refractivity (Wildman–Crippen MR) is 109 cm³/mol. The number of rotatable bonds is 4. The lowest BCUT2D eigenvalue weighted by atomic mass is 10.0. The van der Waals surface area contributed by atoms with Gasteiger partial charge in [-0.2, -0.15) is 0 Å². The van der Waals surface area contributed by atoms with E-state index in [1.165, 1.54) is 18.3 Å². The number of thiocarbonyl (C=S) groups is 1. The van der Waals surface area contributed by atoms with Crippen molar-refractivity contribution in [1.82, 2.24) is 10.3 Å². The number of nitrogens with zero attached hydrogens (tertiary/aromatic N) is 1. The second-order valence-electron chi connectivity index (χ2n) is 5.52. The van der Waals surface area contributed by atoms with E-state index in [2.05, 4.69) is 15.6 Å². The highest BCUT2D eigenvalue weighted by Crippen LogP contribution is 2.29. The van der Waals surface area contributed by atoms with Crippen LogP contribution in [0.3, 0.4) is 0 Å². The van der Waals surface area contributed by atoms with Crippen molar-refractivity contribution >= 4 is 46.2 Å². The maximum atomic E-state index is 14.1. The SMILES string of the molecule is Fc1cccc(-c2ncccc2CNC(=S)Nc2cccc(Cl)c2Cl)c1F. The molecular formula is C19H13Cl2F2N3S. The van der Waals surface area contributed by atoms with Crippen LogP contribution in [-0.2, 0) is 6.54 Å². The van der Waals surface area contributed by atoms with E-state index < -0.39 is 11.6 Å². The third-order valence-corrected chi connectivity index (χ3v) is 4.80. The van der Waals surface area contributed by atoms with Crippen LogP contribution in [-0.4, -0.2) is 10.1 Å². The molecule has 3 nitrogen and oxygen atoms in total. The molecular weight excluding hydrogens is 411 g/mol. The average Bonchev–Trinajstić information content (AvgIpc) is 2.66. The van der Waals surface area contributed by atoms with Crippen molar-refractivity contribution in [1.29, 1.82) is 0 Å². The molecule has 0 radical (unpaired) electrons. The van der Waals surface area contributed by atoms with Crippen molar-refractivity contribution in [3.63, 3.8) is 0 Å². The molecule has 3 rings (SSSR count). The molecule has 0 spiro atoms. The third kappa shape index (κ3) is 4.53. The molecule has 0 aliphatic rings. The number of halogens is 4. The van der Waals surface area contributed by atoms with Gasteiger partial charge in [-0.3, -0.25) is 4.98 Å². The number of pyridine rings is 1. The van der Waals surface area contributed by atoms with E-state index in [-0.39, 0.29) is 12.1 Å². The fourth-order valence-corrected chi connectivity index (χ4v) is 2.98. The fourth-order valence-electron chi connectivity index (χ4n) is 2.45. The molecule has 2 aromatic carbocycles. The summed E-state index contributed by atoms with van der Waals surface area (Å²) < 4.78 is 27.7. The summed E-state index contributed by atoms with van der Waals surface area (Å²) in [5, 5.41) is 7.01. The molecule has 27 heavy (non-hydrogen) atoms. The molecule has 3 aromatic rings. The van der Waals surface area contributed by atoms with E-state index in [9.17, 15) is 8.78 Å². The molecule has 138 valence electrons. The first-order valence-electron chi connectivity index (χ1n) is 7.84. The van der Waals surface area contributed by atoms with Crippen LogP contribution in [0.2, 0.25) is 10.0 Å². The van der Waals surface area contributed by atoms with E-state index >= 15 is 0 Å². The zero-order chi connectivity index (χ0) is 19.4. The van der Waals surface area contributed by atoms with E-state index in [0.29, 0.717) is 32.1 Å². The number of aromatic nitrogens is 1. The Labute approximate surface area is 170 Å². The number of nitrogens with one attached hydrogen (secondary N) is 2. The predicted octanol–water partition coefficient (Wildman–Crippen LogP) is 5.82. The van der Waals surface area contributed by atoms with Crippen molar-refractivity contribution in [3.8, 4) is 11.3 Å². The highest BCUT2D eigenvalue weighted by Gasteiger charge is 2.14. The lowest BCUT2D eigenvalue weighted by Crippen LogP contribution is -2.28. The molecule has 0 saturated heterocycles. The van der Waals surface area contributed by atoms with Gasteiger partial charge in [-0.05, 0) is 48.1 Å². The van der Waals surface area contributed by atoms with Gasteiger partial charge >= 0.3 is 0 Å². The van der Waals surface area contributed by atoms with Crippen molar-refractivity contribution < 1.29 is 8.78 Å². The largest absolute Gasteiger partial charge is 0.358 e. The number of benzene rings is 2. The molecule has 0 aliphatic carbocycles. The van der Waals surface area contributed by atoms with Crippen molar-refractivity contribution in [3.05, 3.63) is 82.0 Å². The first-order chi connectivity index (χ1) is 13.0. The van der Waals surface area contributed by atoms with Crippen LogP contribution in [0.4, 0.5) is 14.5 Å². The van der Waals surface area contributed by atoms with Gasteiger partial charge in [-0.25, -0.2) is 8.78 Å². The zero-order valence-electron chi connectivity index (χ0n) is 13.8. The molecule has 0 aliphatic heterocycles. The molecule has 1 aromatic heterocycles. The molecule has 0 atom stereocenters. The first kappa shape index (κ1) is 19.5. The van der Waals surface area contributed by atoms with Crippen LogP contribution in [0.5, 0.6) is 0 Å². The minimum atomic E-state index is -0.941. The smallest absolute Gasteiger partial charge is 0.171 e. The van der Waals surface area contributed by atoms with Crippen molar-refractivity contribution in [2.24, 2.45) is 0 Å². The van der Waals surface area contributed by atoms with E-state index in [0.717, 1.165) is 6.07 Å². The van der Waals surface area contributed by atoms with Crippen LogP contribution in [0.25, 0.3) is 11.3 Å². The maximum Gasteiger partial charge on any atom is 0.171 e. The van der Waals surface area contributed by atoms with Crippen LogP contribution in [0, 0.1) is 11.6 Å². The maximum absolute atomic E-state index is 14.1. The van der Waals surface area contributed by atoms with Gasteiger partial charge in [0.25, 0.3) is 0 Å². The second kappa shape index (κ2) is 8.61. The lowest BCUT2D eigenvalue weighted by molar-refractivity contribution is 0.511. The minimum Gasteiger partial charge on any atom is -0.358 e. The van der Waals surface area contributed by atoms with E-state index in [4.69, 9.17) is 35.4 Å². The number of hydrogen-bond acceptors (Lipinski definition) is 2. The van der Waals surface area contributed by atoms with Gasteiger partial charge in [0, 0.05) is 18.3 Å². The minimum absolute atomic E-state index is 0.0872. The highest BCUT2D eigenvalue weighted by molar-refractivity contribution is 7.80. The standard InChI is InChI=1S/C19H13Cl2F2N3S/c20-13-6-2-8-15(16(13)21)26-19(27)25-10-11-4-3-9-24-18(11)12-5-1-7-14(22)17(12)23/h1-9H,10H2,(H2,25,26,27). The number of anilines is 1. The molecule has 1 heterocycles. The van der Waals surface area contributed by atoms with Crippen LogP contribution in [0.1, 0.15) is 5.56 Å². The second-order valence-corrected chi connectivity index (χ2v) is 6.71. The summed E-state index contributed by atoms with van der Waals surface area (Å²) in [5.74, 6) is -1.87. The fraction of sp³-hybridized carbons (Fsp3) is 0.0526. The van der Waals surface area contributed by atoms with E-state index in [1.807, 2.05) is 0 Å². The van der Waals surface area contributed by atoms with Gasteiger partial charge in [0.2, 0.25) is 0 Å². The normalized spacial score (nSPS) is 10.5. The molecule has 0 unspecified atom stereocenters. The van der Waals surface area contributed by atoms with Gasteiger partial charge in [0.1, 0.15) is 0 Å². The third-order valence-electron chi connectivity index (χ3n) is 3.74. The molecule has 0 fully saturated rings. The molecule has 0 bridgehead atoms. The summed E-state index contributed by atoms with van der Waals surface area (Å²) in [6.07, 6.45) is 1.52. The molecule has 8 heteroatoms. The summed E-state index contributed by atoms with van der Waals surface area (Å²) in [4.78, 5) is 4.19. The van der Waals surface area contributed by atoms with Crippen LogP contribution >= 0.6 is 35.4 Å². The summed E-state index contributed by atoms with van der Waals surface area (Å²) in [5.41, 5.74) is 1.64. The Bertz CT molecular complexity index is 998. The average molecular weight is 424 g/mol.